The van der Waals surface area contributed by atoms with Crippen LogP contribution in [0.15, 0.2) is 52.7 Å². The van der Waals surface area contributed by atoms with E-state index in [1.807, 2.05) is 17.5 Å². The van der Waals surface area contributed by atoms with E-state index in [9.17, 15) is 24.3 Å². The Labute approximate surface area is 186 Å². The van der Waals surface area contributed by atoms with Crippen molar-refractivity contribution >= 4 is 46.8 Å². The molecule has 4 rings (SSSR count). The van der Waals surface area contributed by atoms with Gasteiger partial charge in [-0.3, -0.25) is 19.3 Å². The highest BCUT2D eigenvalue weighted by Gasteiger charge is 2.53. The lowest BCUT2D eigenvalue weighted by atomic mass is 10.0. The van der Waals surface area contributed by atoms with Gasteiger partial charge < -0.3 is 25.9 Å². The Kier molecular flexibility index (Phi) is 5.99. The molecule has 3 amide bonds. The van der Waals surface area contributed by atoms with Crippen molar-refractivity contribution < 1.29 is 29.2 Å². The van der Waals surface area contributed by atoms with Crippen LogP contribution in [0, 0.1) is 0 Å². The molecule has 0 aliphatic carbocycles. The Hall–Kier alpha value is -2.89. The third-order valence-electron chi connectivity index (χ3n) is 5.28. The van der Waals surface area contributed by atoms with Crippen molar-refractivity contribution in [3.8, 4) is 0 Å². The van der Waals surface area contributed by atoms with E-state index in [0.29, 0.717) is 30.0 Å². The van der Waals surface area contributed by atoms with E-state index in [4.69, 9.17) is 5.73 Å². The first-order valence-electron chi connectivity index (χ1n) is 9.57. The second kappa shape index (κ2) is 8.69. The summed E-state index contributed by atoms with van der Waals surface area (Å²) in [6.07, 6.45) is 5.23. The molecule has 0 spiro atoms. The van der Waals surface area contributed by atoms with Gasteiger partial charge in [-0.25, -0.2) is 0 Å². The van der Waals surface area contributed by atoms with Crippen LogP contribution >= 0.6 is 23.1 Å². The number of nitrogens with zero attached hydrogens (tertiary/aromatic N) is 1. The number of β-lactam (4-membered cyclic amide) rings is 1. The Morgan fingerprint density at radius 2 is 2.16 bits per heavy atom. The monoisotopic (exact) mass is 460 g/mol. The van der Waals surface area contributed by atoms with Crippen molar-refractivity contribution in [2.24, 2.45) is 5.73 Å². The lowest BCUT2D eigenvalue weighted by molar-refractivity contribution is -0.835. The normalized spacial score (nSPS) is 24.9. The van der Waals surface area contributed by atoms with Gasteiger partial charge in [0.05, 0.1) is 24.3 Å². The third kappa shape index (κ3) is 4.29. The average Bonchev–Trinajstić information content (AvgIpc) is 3.24. The molecule has 162 valence electrons. The number of amides is 3. The number of nitrogens with one attached hydrogen (secondary N) is 2. The number of thioether (sulfide) groups is 1. The van der Waals surface area contributed by atoms with Gasteiger partial charge in [-0.15, -0.1) is 23.1 Å². The molecule has 1 aromatic rings. The number of aliphatic carboxylic acids is 1. The summed E-state index contributed by atoms with van der Waals surface area (Å²) in [7, 11) is 0. The number of carbonyl (C=O) groups is 4. The topological polar surface area (TPSA) is 137 Å². The zero-order valence-electron chi connectivity index (χ0n) is 16.3. The summed E-state index contributed by atoms with van der Waals surface area (Å²) in [5.41, 5.74) is 6.13. The van der Waals surface area contributed by atoms with Crippen LogP contribution in [0.2, 0.25) is 0 Å². The third-order valence-corrected chi connectivity index (χ3v) is 7.50. The molecule has 1 unspecified atom stereocenters. The fraction of sp³-hybridized carbons (Fsp3) is 0.300. The molecule has 11 heteroatoms. The maximum absolute atomic E-state index is 12.7. The standard InChI is InChI=1S/C20H20N4O5S2/c21-17(26)11-3-5-23(6-4-11)9-12-10-31-19-15(18(27)24(19)16(12)20(28)29)22-14(25)8-13-2-1-7-30-13/h1-5,7,15,19H,6,8-10H2,(H2,21,26)(H,22,25)(H,28,29)/t15-,19-/m1/s1. The smallest absolute Gasteiger partial charge is 0.253 e. The molecule has 4 N–H and O–H groups in total. The maximum Gasteiger partial charge on any atom is 0.253 e. The van der Waals surface area contributed by atoms with Crippen molar-refractivity contribution in [3.63, 3.8) is 0 Å². The second-order valence-corrected chi connectivity index (χ2v) is 9.48. The predicted octanol–water partition coefficient (Wildman–Crippen LogP) is -2.48. The van der Waals surface area contributed by atoms with Crippen LogP contribution in [-0.2, 0) is 25.6 Å². The minimum atomic E-state index is -1.41. The number of hydrogen-bond donors (Lipinski definition) is 3. The molecule has 0 bridgehead atoms. The number of carbonyl (C=O) groups excluding carboxylic acids is 4. The van der Waals surface area contributed by atoms with E-state index < -0.39 is 29.2 Å². The van der Waals surface area contributed by atoms with Crippen LogP contribution < -0.4 is 21.1 Å². The van der Waals surface area contributed by atoms with Crippen LogP contribution in [0.4, 0.5) is 0 Å². The van der Waals surface area contributed by atoms with Crippen LogP contribution in [0.5, 0.6) is 0 Å². The highest BCUT2D eigenvalue weighted by molar-refractivity contribution is 8.00. The number of rotatable bonds is 7. The minimum Gasteiger partial charge on any atom is -0.543 e. The molecule has 1 saturated heterocycles. The van der Waals surface area contributed by atoms with Crippen LogP contribution in [-0.4, -0.2) is 58.8 Å². The quantitative estimate of drug-likeness (QED) is 0.386. The highest BCUT2D eigenvalue weighted by atomic mass is 32.2. The van der Waals surface area contributed by atoms with Crippen LogP contribution in [0.25, 0.3) is 0 Å². The lowest BCUT2D eigenvalue weighted by Gasteiger charge is -2.50. The molecule has 31 heavy (non-hydrogen) atoms. The Bertz CT molecular complexity index is 1030. The van der Waals surface area contributed by atoms with Crippen molar-refractivity contribution in [2.45, 2.75) is 17.8 Å². The molecule has 3 aliphatic rings. The molecule has 9 nitrogen and oxygen atoms in total. The van der Waals surface area contributed by atoms with E-state index >= 15 is 0 Å². The number of carboxylic acid groups (broad SMARTS) is 1. The number of thiophene rings is 1. The Morgan fingerprint density at radius 1 is 1.35 bits per heavy atom. The van der Waals surface area contributed by atoms with Gasteiger partial charge >= 0.3 is 0 Å². The van der Waals surface area contributed by atoms with Crippen molar-refractivity contribution in [2.75, 3.05) is 18.8 Å². The maximum atomic E-state index is 12.7. The van der Waals surface area contributed by atoms with E-state index in [2.05, 4.69) is 5.32 Å². The number of nitrogens with two attached hydrogens (primary N) is 1. The summed E-state index contributed by atoms with van der Waals surface area (Å²) in [6, 6.07) is 2.94. The molecule has 1 aromatic heterocycles. The minimum absolute atomic E-state index is 0.122. The van der Waals surface area contributed by atoms with E-state index in [1.54, 1.807) is 18.4 Å². The highest BCUT2D eigenvalue weighted by Crippen LogP contribution is 2.39. The van der Waals surface area contributed by atoms with Crippen molar-refractivity contribution in [3.05, 3.63) is 57.6 Å². The largest absolute Gasteiger partial charge is 0.543 e. The van der Waals surface area contributed by atoms with Crippen LogP contribution in [0.3, 0.4) is 0 Å². The Morgan fingerprint density at radius 3 is 2.77 bits per heavy atom. The summed E-state index contributed by atoms with van der Waals surface area (Å²) in [4.78, 5) is 51.1. The first-order valence-corrected chi connectivity index (χ1v) is 11.5. The second-order valence-electron chi connectivity index (χ2n) is 7.35. The van der Waals surface area contributed by atoms with Gasteiger partial charge in [0.2, 0.25) is 11.8 Å². The van der Waals surface area contributed by atoms with E-state index in [1.165, 1.54) is 28.0 Å². The van der Waals surface area contributed by atoms with Crippen molar-refractivity contribution in [1.29, 1.82) is 0 Å². The Balaban J connectivity index is 1.44. The zero-order valence-corrected chi connectivity index (χ0v) is 18.0. The van der Waals surface area contributed by atoms with E-state index in [-0.39, 0.29) is 18.0 Å². The summed E-state index contributed by atoms with van der Waals surface area (Å²) < 4.78 is 0. The number of hydrogen-bond acceptors (Lipinski definition) is 7. The van der Waals surface area contributed by atoms with Gasteiger partial charge in [-0.05, 0) is 17.5 Å². The first-order chi connectivity index (χ1) is 14.8. The summed E-state index contributed by atoms with van der Waals surface area (Å²) in [6.45, 7) is 0.823. The molecule has 0 saturated carbocycles. The molecular formula is C20H20N4O5S2. The van der Waals surface area contributed by atoms with Crippen molar-refractivity contribution in [1.82, 2.24) is 10.2 Å². The summed E-state index contributed by atoms with van der Waals surface area (Å²) in [5.74, 6) is -2.25. The van der Waals surface area contributed by atoms with Crippen LogP contribution in [0.1, 0.15) is 4.88 Å². The van der Waals surface area contributed by atoms with E-state index in [0.717, 1.165) is 9.78 Å². The lowest BCUT2D eigenvalue weighted by Crippen LogP contribution is -3.08. The van der Waals surface area contributed by atoms with Gasteiger partial charge in [0.15, 0.2) is 0 Å². The molecule has 0 radical (unpaired) electrons. The molecule has 0 aromatic carbocycles. The molecular weight excluding hydrogens is 440 g/mol. The first kappa shape index (κ1) is 21.3. The SMILES string of the molecule is NC(=O)C1=CC[NH+](CC2=C(C(=O)[O-])N3C(=O)[C@@H](NC(=O)Cc4cccs4)[C@H]3SC2)C=C1. The molecule has 3 aliphatic heterocycles. The predicted molar refractivity (Wildman–Crippen MR) is 112 cm³/mol. The molecule has 4 heterocycles. The fourth-order valence-corrected chi connectivity index (χ4v) is 5.83. The van der Waals surface area contributed by atoms with Gasteiger partial charge in [0.1, 0.15) is 24.5 Å². The van der Waals surface area contributed by atoms with Gasteiger partial charge in [-0.1, -0.05) is 6.07 Å². The number of quaternary nitrogens is 1. The molecule has 1 fully saturated rings. The number of primary amides is 1. The fourth-order valence-electron chi connectivity index (χ4n) is 3.78. The van der Waals surface area contributed by atoms with Gasteiger partial charge in [-0.2, -0.15) is 0 Å². The number of fused-ring (bicyclic) bond motifs is 1. The van der Waals surface area contributed by atoms with Gasteiger partial charge in [0.25, 0.3) is 5.91 Å². The zero-order chi connectivity index (χ0) is 22.1. The van der Waals surface area contributed by atoms with Gasteiger partial charge in [0, 0.05) is 27.9 Å². The molecule has 3 atom stereocenters. The summed E-state index contributed by atoms with van der Waals surface area (Å²) in [5, 5.41) is 16.0. The number of carboxylic acids is 1. The average molecular weight is 461 g/mol. The summed E-state index contributed by atoms with van der Waals surface area (Å²) >= 11 is 2.87.